The highest BCUT2D eigenvalue weighted by atomic mass is 35.5. The van der Waals surface area contributed by atoms with Gasteiger partial charge in [0, 0.05) is 35.6 Å². The third-order valence-electron chi connectivity index (χ3n) is 7.51. The van der Waals surface area contributed by atoms with Crippen molar-refractivity contribution in [2.75, 3.05) is 17.0 Å². The van der Waals surface area contributed by atoms with Crippen LogP contribution >= 0.6 is 24.0 Å². The van der Waals surface area contributed by atoms with Crippen molar-refractivity contribution in [1.29, 1.82) is 0 Å². The van der Waals surface area contributed by atoms with Crippen LogP contribution in [0.3, 0.4) is 0 Å². The van der Waals surface area contributed by atoms with E-state index in [0.717, 1.165) is 0 Å². The van der Waals surface area contributed by atoms with Crippen molar-refractivity contribution in [3.05, 3.63) is 94.6 Å². The number of amides is 2. The van der Waals surface area contributed by atoms with Crippen LogP contribution < -0.4 is 16.2 Å². The molecule has 1 aliphatic rings. The summed E-state index contributed by atoms with van der Waals surface area (Å²) in [6.45, 7) is -0.442. The van der Waals surface area contributed by atoms with E-state index in [2.05, 4.69) is 5.32 Å². The van der Waals surface area contributed by atoms with E-state index in [0.29, 0.717) is 22.0 Å². The Morgan fingerprint density at radius 2 is 1.77 bits per heavy atom. The normalized spacial score (nSPS) is 14.5. The lowest BCUT2D eigenvalue weighted by Crippen LogP contribution is -2.28. The number of aromatic nitrogens is 1. The molecule has 0 spiro atoms. The minimum atomic E-state index is -2.69. The summed E-state index contributed by atoms with van der Waals surface area (Å²) < 4.78 is 48.9. The van der Waals surface area contributed by atoms with Crippen LogP contribution in [0, 0.1) is 0 Å². The highest BCUT2D eigenvalue weighted by Crippen LogP contribution is 2.41. The number of benzene rings is 3. The molecule has 4 aromatic rings. The maximum Gasteiger partial charge on any atom is 0.354 e. The van der Waals surface area contributed by atoms with Crippen LogP contribution in [0.5, 0.6) is 0 Å². The second-order valence-corrected chi connectivity index (χ2v) is 10.7. The minimum Gasteiger partial charge on any atom is -0.460 e. The van der Waals surface area contributed by atoms with Gasteiger partial charge < -0.3 is 15.8 Å². The van der Waals surface area contributed by atoms with E-state index in [1.165, 1.54) is 35.0 Å². The molecule has 1 fully saturated rings. The predicted octanol–water partition coefficient (Wildman–Crippen LogP) is 7.62. The summed E-state index contributed by atoms with van der Waals surface area (Å²) in [6, 6.07) is 16.3. The maximum atomic E-state index is 15.3. The Morgan fingerprint density at radius 3 is 2.50 bits per heavy atom. The second-order valence-electron chi connectivity index (χ2n) is 10.3. The zero-order chi connectivity index (χ0) is 30.7. The first-order chi connectivity index (χ1) is 20.6. The number of urea groups is 1. The van der Waals surface area contributed by atoms with Crippen LogP contribution in [-0.2, 0) is 16.1 Å². The fourth-order valence-electron chi connectivity index (χ4n) is 5.18. The van der Waals surface area contributed by atoms with Crippen LogP contribution in [0.15, 0.2) is 72.9 Å². The molecular weight excluding hydrogens is 620 g/mol. The molecule has 1 aliphatic carbocycles. The molecule has 0 unspecified atom stereocenters. The Hall–Kier alpha value is -4.06. The van der Waals surface area contributed by atoms with Crippen molar-refractivity contribution >= 4 is 64.2 Å². The number of nitrogens with two attached hydrogens (primary N) is 1. The molecule has 13 heteroatoms. The molecule has 44 heavy (non-hydrogen) atoms. The van der Waals surface area contributed by atoms with E-state index in [1.54, 1.807) is 42.5 Å². The molecule has 0 radical (unpaired) electrons. The highest BCUT2D eigenvalue weighted by molar-refractivity contribution is 6.34. The van der Waals surface area contributed by atoms with E-state index < -0.39 is 23.8 Å². The van der Waals surface area contributed by atoms with Gasteiger partial charge in [-0.3, -0.25) is 14.2 Å². The second kappa shape index (κ2) is 13.7. The van der Waals surface area contributed by atoms with E-state index in [1.807, 2.05) is 0 Å². The fraction of sp³-hybridized carbons (Fsp3) is 0.258. The zero-order valence-electron chi connectivity index (χ0n) is 23.3. The number of halogens is 5. The number of esters is 1. The van der Waals surface area contributed by atoms with Crippen molar-refractivity contribution in [1.82, 2.24) is 4.57 Å². The molecule has 5 rings (SSSR count). The molecular formula is C31H29Cl2F3N4O4. The summed E-state index contributed by atoms with van der Waals surface area (Å²) >= 11 is 6.39. The summed E-state index contributed by atoms with van der Waals surface area (Å²) in [6.07, 6.45) is 1.60. The van der Waals surface area contributed by atoms with Gasteiger partial charge in [-0.2, -0.15) is 0 Å². The van der Waals surface area contributed by atoms with Crippen molar-refractivity contribution in [2.45, 2.75) is 44.1 Å². The van der Waals surface area contributed by atoms with Gasteiger partial charge in [0.15, 0.2) is 0 Å². The summed E-state index contributed by atoms with van der Waals surface area (Å²) in [5.74, 6) is -3.89. The number of fused-ring (bicyclic) bond motifs is 1. The largest absolute Gasteiger partial charge is 0.460 e. The standard InChI is InChI=1S/C31H28ClF3N4O4.ClH/c32-25-15-21-10-13-38(29(41)24-7-2-1-4-22(24)18-43-28(40)17-36)27(21)16-26(25)37-30(42)39(35)23-6-3-5-20(14-23)19-8-11-31(33,34)12-9-19;/h1-7,10,13-16,19H,8-9,11-12,17-18,36H2,(H,37,42);1H. The molecule has 3 aromatic carbocycles. The number of nitrogens with one attached hydrogen (secondary N) is 1. The lowest BCUT2D eigenvalue weighted by atomic mass is 9.82. The molecule has 0 saturated heterocycles. The summed E-state index contributed by atoms with van der Waals surface area (Å²) in [7, 11) is 0. The van der Waals surface area contributed by atoms with Crippen LogP contribution in [0.2, 0.25) is 5.02 Å². The Balaban J connectivity index is 0.00000442. The average molecular weight is 649 g/mol. The summed E-state index contributed by atoms with van der Waals surface area (Å²) in [5, 5.41) is 3.07. The lowest BCUT2D eigenvalue weighted by Gasteiger charge is -2.28. The van der Waals surface area contributed by atoms with Gasteiger partial charge in [-0.15, -0.1) is 17.5 Å². The number of anilines is 2. The Bertz CT molecular complexity index is 1690. The van der Waals surface area contributed by atoms with E-state index in [4.69, 9.17) is 22.1 Å². The first kappa shape index (κ1) is 32.8. The summed E-state index contributed by atoms with van der Waals surface area (Å²) in [5.41, 5.74) is 7.11. The molecule has 1 heterocycles. The SMILES string of the molecule is Cl.NCC(=O)OCc1ccccc1C(=O)n1ccc2cc(Cl)c(NC(=O)N(F)c3cccc(C4CCC(F)(F)CC4)c3)cc21. The van der Waals surface area contributed by atoms with Gasteiger partial charge in [-0.05, 0) is 60.7 Å². The number of carbonyl (C=O) groups is 3. The third kappa shape index (κ3) is 7.18. The number of alkyl halides is 2. The number of ether oxygens (including phenoxy) is 1. The summed E-state index contributed by atoms with van der Waals surface area (Å²) in [4.78, 5) is 38.0. The third-order valence-corrected chi connectivity index (χ3v) is 7.82. The van der Waals surface area contributed by atoms with E-state index in [9.17, 15) is 23.2 Å². The average Bonchev–Trinajstić information content (AvgIpc) is 3.41. The molecule has 0 atom stereocenters. The number of hydrogen-bond acceptors (Lipinski definition) is 5. The first-order valence-corrected chi connectivity index (χ1v) is 14.0. The van der Waals surface area contributed by atoms with Gasteiger partial charge >= 0.3 is 12.0 Å². The van der Waals surface area contributed by atoms with Crippen molar-refractivity contribution in [3.63, 3.8) is 0 Å². The van der Waals surface area contributed by atoms with E-state index >= 15 is 4.48 Å². The van der Waals surface area contributed by atoms with Crippen LogP contribution in [0.1, 0.15) is 53.1 Å². The number of nitrogens with zero attached hydrogens (tertiary/aromatic N) is 2. The Kier molecular flexibility index (Phi) is 10.2. The molecule has 1 aromatic heterocycles. The molecule has 8 nitrogen and oxygen atoms in total. The van der Waals surface area contributed by atoms with Crippen molar-refractivity contribution < 1.29 is 32.4 Å². The van der Waals surface area contributed by atoms with Gasteiger partial charge in [0.2, 0.25) is 5.92 Å². The number of carbonyl (C=O) groups excluding carboxylic acids is 3. The maximum absolute atomic E-state index is 15.3. The van der Waals surface area contributed by atoms with Gasteiger partial charge in [0.1, 0.15) is 6.61 Å². The molecule has 0 bridgehead atoms. The number of hydrogen-bond donors (Lipinski definition) is 2. The van der Waals surface area contributed by atoms with Gasteiger partial charge in [-0.1, -0.05) is 46.4 Å². The monoisotopic (exact) mass is 648 g/mol. The molecule has 232 valence electrons. The van der Waals surface area contributed by atoms with Crippen molar-refractivity contribution in [3.8, 4) is 0 Å². The molecule has 3 N–H and O–H groups in total. The fourth-order valence-corrected chi connectivity index (χ4v) is 5.40. The first-order valence-electron chi connectivity index (χ1n) is 13.6. The predicted molar refractivity (Wildman–Crippen MR) is 164 cm³/mol. The van der Waals surface area contributed by atoms with Crippen molar-refractivity contribution in [2.24, 2.45) is 5.73 Å². The van der Waals surface area contributed by atoms with Crippen LogP contribution in [0.25, 0.3) is 10.9 Å². The number of rotatable bonds is 7. The Morgan fingerprint density at radius 1 is 1.05 bits per heavy atom. The zero-order valence-corrected chi connectivity index (χ0v) is 24.8. The lowest BCUT2D eigenvalue weighted by molar-refractivity contribution is -0.143. The molecule has 2 amide bonds. The topological polar surface area (TPSA) is 107 Å². The molecule has 0 aliphatic heterocycles. The highest BCUT2D eigenvalue weighted by Gasteiger charge is 2.35. The minimum absolute atomic E-state index is 0. The van der Waals surface area contributed by atoms with Crippen LogP contribution in [0.4, 0.5) is 29.4 Å². The van der Waals surface area contributed by atoms with Crippen LogP contribution in [-0.4, -0.2) is 34.9 Å². The van der Waals surface area contributed by atoms with Gasteiger partial charge in [0.25, 0.3) is 5.91 Å². The molecule has 1 saturated carbocycles. The quantitative estimate of drug-likeness (QED) is 0.158. The van der Waals surface area contributed by atoms with E-state index in [-0.39, 0.29) is 84.2 Å². The van der Waals surface area contributed by atoms with Gasteiger partial charge in [-0.25, -0.2) is 13.6 Å². The van der Waals surface area contributed by atoms with Gasteiger partial charge in [0.05, 0.1) is 28.5 Å². The smallest absolute Gasteiger partial charge is 0.354 e. The Labute approximate surface area is 262 Å².